The van der Waals surface area contributed by atoms with E-state index in [1.54, 1.807) is 30.3 Å². The molecule has 0 amide bonds. The predicted molar refractivity (Wildman–Crippen MR) is 65.9 cm³/mol. The van der Waals surface area contributed by atoms with Gasteiger partial charge in [-0.3, -0.25) is 9.69 Å². The summed E-state index contributed by atoms with van der Waals surface area (Å²) in [6, 6.07) is 9.42. The van der Waals surface area contributed by atoms with Crippen LogP contribution in [0.2, 0.25) is 0 Å². The Hall–Kier alpha value is -1.80. The van der Waals surface area contributed by atoms with Crippen molar-refractivity contribution in [3.63, 3.8) is 0 Å². The summed E-state index contributed by atoms with van der Waals surface area (Å²) in [5.74, 6) is -3.00. The van der Waals surface area contributed by atoms with Crippen LogP contribution in [0, 0.1) is 11.3 Å². The summed E-state index contributed by atoms with van der Waals surface area (Å²) >= 11 is 0. The van der Waals surface area contributed by atoms with Crippen LogP contribution < -0.4 is 0 Å². The van der Waals surface area contributed by atoms with Crippen molar-refractivity contribution < 1.29 is 13.6 Å². The number of carbonyl (C=O) groups excluding carboxylic acids is 1. The fraction of sp³-hybridized carbons (Fsp3) is 0.429. The minimum atomic E-state index is -2.67. The molecule has 1 aliphatic rings. The second-order valence-electron chi connectivity index (χ2n) is 4.65. The van der Waals surface area contributed by atoms with Crippen LogP contribution in [0.5, 0.6) is 0 Å². The molecule has 1 aromatic carbocycles. The van der Waals surface area contributed by atoms with Gasteiger partial charge in [0, 0.05) is 31.5 Å². The Kier molecular flexibility index (Phi) is 3.91. The van der Waals surface area contributed by atoms with Crippen molar-refractivity contribution in [1.29, 1.82) is 5.26 Å². The van der Waals surface area contributed by atoms with E-state index < -0.39 is 12.0 Å². The summed E-state index contributed by atoms with van der Waals surface area (Å²) in [5, 5.41) is 9.14. The van der Waals surface area contributed by atoms with Crippen molar-refractivity contribution in [2.75, 3.05) is 13.1 Å². The third kappa shape index (κ3) is 3.15. The number of benzene rings is 1. The van der Waals surface area contributed by atoms with E-state index in [1.165, 1.54) is 4.90 Å². The highest BCUT2D eigenvalue weighted by Crippen LogP contribution is 2.29. The lowest BCUT2D eigenvalue weighted by Gasteiger charge is -2.33. The first-order valence-corrected chi connectivity index (χ1v) is 6.14. The van der Waals surface area contributed by atoms with Gasteiger partial charge in [0.1, 0.15) is 0 Å². The number of likely N-dealkylation sites (tertiary alicyclic amines) is 1. The Morgan fingerprint density at radius 1 is 1.26 bits per heavy atom. The topological polar surface area (TPSA) is 44.1 Å². The van der Waals surface area contributed by atoms with Gasteiger partial charge in [0.2, 0.25) is 0 Å². The Morgan fingerprint density at radius 3 is 2.37 bits per heavy atom. The lowest BCUT2D eigenvalue weighted by molar-refractivity contribution is -0.0574. The maximum Gasteiger partial charge on any atom is 0.250 e. The first kappa shape index (κ1) is 13.6. The summed E-state index contributed by atoms with van der Waals surface area (Å²) in [4.78, 5) is 13.7. The number of hydrogen-bond acceptors (Lipinski definition) is 3. The number of halogens is 2. The molecule has 1 aliphatic heterocycles. The van der Waals surface area contributed by atoms with E-state index >= 15 is 0 Å². The molecule has 1 atom stereocenters. The van der Waals surface area contributed by atoms with Crippen LogP contribution in [0.15, 0.2) is 30.3 Å². The van der Waals surface area contributed by atoms with Gasteiger partial charge in [0.15, 0.2) is 11.8 Å². The van der Waals surface area contributed by atoms with Gasteiger partial charge < -0.3 is 0 Å². The van der Waals surface area contributed by atoms with Crippen LogP contribution in [0.3, 0.4) is 0 Å². The number of piperidine rings is 1. The van der Waals surface area contributed by atoms with Gasteiger partial charge in [0.25, 0.3) is 5.92 Å². The van der Waals surface area contributed by atoms with Crippen LogP contribution in [0.1, 0.15) is 23.2 Å². The van der Waals surface area contributed by atoms with Crippen molar-refractivity contribution in [3.8, 4) is 6.07 Å². The van der Waals surface area contributed by atoms with Gasteiger partial charge in [-0.05, 0) is 0 Å². The van der Waals surface area contributed by atoms with Gasteiger partial charge in [0.05, 0.1) is 6.07 Å². The van der Waals surface area contributed by atoms with Crippen LogP contribution in [-0.2, 0) is 0 Å². The molecular formula is C14H14F2N2O. The molecule has 1 heterocycles. The van der Waals surface area contributed by atoms with Gasteiger partial charge in [-0.2, -0.15) is 5.26 Å². The van der Waals surface area contributed by atoms with E-state index in [0.29, 0.717) is 5.56 Å². The standard InChI is InChI=1S/C14H14F2N2O/c15-14(16)6-8-18(9-7-14)12(10-17)13(19)11-4-2-1-3-5-11/h1-5,12H,6-9H2. The molecule has 0 spiro atoms. The monoisotopic (exact) mass is 264 g/mol. The number of rotatable bonds is 3. The van der Waals surface area contributed by atoms with Crippen molar-refractivity contribution in [3.05, 3.63) is 35.9 Å². The zero-order chi connectivity index (χ0) is 13.9. The Balaban J connectivity index is 2.10. The fourth-order valence-electron chi connectivity index (χ4n) is 2.18. The third-order valence-electron chi connectivity index (χ3n) is 3.32. The molecule has 2 rings (SSSR count). The van der Waals surface area contributed by atoms with Crippen molar-refractivity contribution in [2.24, 2.45) is 0 Å². The Morgan fingerprint density at radius 2 is 1.84 bits per heavy atom. The van der Waals surface area contributed by atoms with E-state index in [2.05, 4.69) is 0 Å². The summed E-state index contributed by atoms with van der Waals surface area (Å²) in [6.07, 6.45) is -0.597. The fourth-order valence-corrected chi connectivity index (χ4v) is 2.18. The molecule has 0 radical (unpaired) electrons. The number of nitriles is 1. The van der Waals surface area contributed by atoms with Crippen LogP contribution in [-0.4, -0.2) is 35.7 Å². The molecule has 19 heavy (non-hydrogen) atoms. The van der Waals surface area contributed by atoms with E-state index in [1.807, 2.05) is 6.07 Å². The number of nitrogens with zero attached hydrogens (tertiary/aromatic N) is 2. The van der Waals surface area contributed by atoms with E-state index in [9.17, 15) is 13.6 Å². The van der Waals surface area contributed by atoms with Gasteiger partial charge in [-0.25, -0.2) is 8.78 Å². The number of ketones is 1. The first-order chi connectivity index (χ1) is 9.03. The number of hydrogen-bond donors (Lipinski definition) is 0. The molecule has 1 unspecified atom stereocenters. The number of alkyl halides is 2. The van der Waals surface area contributed by atoms with Crippen molar-refractivity contribution >= 4 is 5.78 Å². The highest BCUT2D eigenvalue weighted by atomic mass is 19.3. The summed E-state index contributed by atoms with van der Waals surface area (Å²) < 4.78 is 26.1. The molecule has 0 N–H and O–H groups in total. The SMILES string of the molecule is N#CC(C(=O)c1ccccc1)N1CCC(F)(F)CC1. The Bertz CT molecular complexity index is 486. The molecule has 0 bridgehead atoms. The quantitative estimate of drug-likeness (QED) is 0.788. The third-order valence-corrected chi connectivity index (χ3v) is 3.32. The molecule has 3 nitrogen and oxygen atoms in total. The number of carbonyl (C=O) groups is 1. The van der Waals surface area contributed by atoms with E-state index in [4.69, 9.17) is 5.26 Å². The largest absolute Gasteiger partial charge is 0.291 e. The smallest absolute Gasteiger partial charge is 0.250 e. The first-order valence-electron chi connectivity index (χ1n) is 6.14. The second kappa shape index (κ2) is 5.45. The molecule has 1 saturated heterocycles. The minimum absolute atomic E-state index is 0.0732. The van der Waals surface area contributed by atoms with E-state index in [-0.39, 0.29) is 31.7 Å². The molecule has 0 aromatic heterocycles. The highest BCUT2D eigenvalue weighted by Gasteiger charge is 2.38. The summed E-state index contributed by atoms with van der Waals surface area (Å²) in [5.41, 5.74) is 0.436. The van der Waals surface area contributed by atoms with Crippen LogP contribution in [0.25, 0.3) is 0 Å². The highest BCUT2D eigenvalue weighted by molar-refractivity contribution is 6.01. The lowest BCUT2D eigenvalue weighted by atomic mass is 10.00. The maximum atomic E-state index is 13.1. The van der Waals surface area contributed by atoms with Crippen LogP contribution in [0.4, 0.5) is 8.78 Å². The maximum absolute atomic E-state index is 13.1. The normalized spacial score (nSPS) is 20.5. The second-order valence-corrected chi connectivity index (χ2v) is 4.65. The Labute approximate surface area is 110 Å². The molecule has 1 aromatic rings. The zero-order valence-corrected chi connectivity index (χ0v) is 10.4. The average Bonchev–Trinajstić information content (AvgIpc) is 2.42. The van der Waals surface area contributed by atoms with E-state index in [0.717, 1.165) is 0 Å². The minimum Gasteiger partial charge on any atom is -0.291 e. The molecule has 100 valence electrons. The summed E-state index contributed by atoms with van der Waals surface area (Å²) in [6.45, 7) is 0.146. The molecule has 1 fully saturated rings. The predicted octanol–water partition coefficient (Wildman–Crippen LogP) is 2.49. The lowest BCUT2D eigenvalue weighted by Crippen LogP contribution is -2.47. The van der Waals surface area contributed by atoms with Crippen molar-refractivity contribution in [1.82, 2.24) is 4.90 Å². The average molecular weight is 264 g/mol. The zero-order valence-electron chi connectivity index (χ0n) is 10.4. The molecule has 0 saturated carbocycles. The molecule has 5 heteroatoms. The van der Waals surface area contributed by atoms with Crippen LogP contribution >= 0.6 is 0 Å². The molecule has 0 aliphatic carbocycles. The van der Waals surface area contributed by atoms with Gasteiger partial charge in [-0.15, -0.1) is 0 Å². The van der Waals surface area contributed by atoms with Gasteiger partial charge >= 0.3 is 0 Å². The van der Waals surface area contributed by atoms with Gasteiger partial charge in [-0.1, -0.05) is 30.3 Å². The summed E-state index contributed by atoms with van der Waals surface area (Å²) in [7, 11) is 0. The van der Waals surface area contributed by atoms with Crippen molar-refractivity contribution in [2.45, 2.75) is 24.8 Å². The number of Topliss-reactive ketones (excluding diaryl/α,β-unsaturated/α-hetero) is 1. The molecular weight excluding hydrogens is 250 g/mol.